The number of amides is 2. The van der Waals surface area contributed by atoms with Crippen molar-refractivity contribution in [3.8, 4) is 0 Å². The monoisotopic (exact) mass is 502 g/mol. The minimum absolute atomic E-state index is 0.00592. The van der Waals surface area contributed by atoms with Crippen molar-refractivity contribution in [2.75, 3.05) is 16.4 Å². The summed E-state index contributed by atoms with van der Waals surface area (Å²) in [6.07, 6.45) is 0.00592. The standard InChI is InChI=1S/C22H23ClN6O4S/c1-4-28-19(11-20(30)24-15-7-5-13(2)17(23)9-15)26-27-22(28)34-12-21(31)25-18-10-16(29(32)33)8-6-14(18)3/h5-10H,4,11-12H2,1-3H3,(H,24,30)(H,25,31). The maximum Gasteiger partial charge on any atom is 0.271 e. The number of non-ortho nitro benzene ring substituents is 1. The van der Waals surface area contributed by atoms with Crippen LogP contribution in [-0.2, 0) is 22.6 Å². The van der Waals surface area contributed by atoms with Crippen LogP contribution in [0.25, 0.3) is 0 Å². The lowest BCUT2D eigenvalue weighted by molar-refractivity contribution is -0.384. The van der Waals surface area contributed by atoms with E-state index in [0.29, 0.717) is 39.5 Å². The highest BCUT2D eigenvalue weighted by Crippen LogP contribution is 2.24. The van der Waals surface area contributed by atoms with Crippen LogP contribution in [0.2, 0.25) is 5.02 Å². The normalized spacial score (nSPS) is 10.7. The maximum atomic E-state index is 12.5. The van der Waals surface area contributed by atoms with Crippen LogP contribution in [0.15, 0.2) is 41.6 Å². The lowest BCUT2D eigenvalue weighted by Crippen LogP contribution is -2.18. The van der Waals surface area contributed by atoms with Crippen molar-refractivity contribution in [2.45, 2.75) is 38.9 Å². The van der Waals surface area contributed by atoms with Crippen molar-refractivity contribution < 1.29 is 14.5 Å². The number of hydrogen-bond donors (Lipinski definition) is 2. The zero-order valence-corrected chi connectivity index (χ0v) is 20.4. The van der Waals surface area contributed by atoms with E-state index in [1.807, 2.05) is 19.9 Å². The van der Waals surface area contributed by atoms with E-state index < -0.39 is 4.92 Å². The molecule has 2 amide bonds. The first-order valence-electron chi connectivity index (χ1n) is 10.3. The van der Waals surface area contributed by atoms with Gasteiger partial charge in [-0.3, -0.25) is 19.7 Å². The summed E-state index contributed by atoms with van der Waals surface area (Å²) in [6, 6.07) is 9.56. The smallest absolute Gasteiger partial charge is 0.271 e. The number of carbonyl (C=O) groups is 2. The summed E-state index contributed by atoms with van der Waals surface area (Å²) in [6.45, 7) is 6.03. The quantitative estimate of drug-likeness (QED) is 0.252. The Kier molecular flexibility index (Phi) is 8.24. The molecule has 2 aromatic carbocycles. The third kappa shape index (κ3) is 6.33. The molecule has 0 aliphatic rings. The Bertz CT molecular complexity index is 1250. The summed E-state index contributed by atoms with van der Waals surface area (Å²) < 4.78 is 1.76. The van der Waals surface area contributed by atoms with E-state index >= 15 is 0 Å². The lowest BCUT2D eigenvalue weighted by Gasteiger charge is -2.10. The van der Waals surface area contributed by atoms with Crippen LogP contribution < -0.4 is 10.6 Å². The molecule has 1 aromatic heterocycles. The lowest BCUT2D eigenvalue weighted by atomic mass is 10.2. The van der Waals surface area contributed by atoms with Crippen LogP contribution in [0.5, 0.6) is 0 Å². The third-order valence-corrected chi connectivity index (χ3v) is 6.30. The Morgan fingerprint density at radius 1 is 1.09 bits per heavy atom. The highest BCUT2D eigenvalue weighted by molar-refractivity contribution is 7.99. The molecule has 2 N–H and O–H groups in total. The van der Waals surface area contributed by atoms with E-state index in [1.54, 1.807) is 29.7 Å². The molecule has 0 atom stereocenters. The summed E-state index contributed by atoms with van der Waals surface area (Å²) in [5, 5.41) is 25.7. The molecule has 0 aliphatic heterocycles. The summed E-state index contributed by atoms with van der Waals surface area (Å²) in [4.78, 5) is 35.4. The van der Waals surface area contributed by atoms with Crippen LogP contribution in [0.4, 0.5) is 17.1 Å². The number of anilines is 2. The zero-order valence-electron chi connectivity index (χ0n) is 18.8. The summed E-state index contributed by atoms with van der Waals surface area (Å²) >= 11 is 7.27. The number of rotatable bonds is 9. The SMILES string of the molecule is CCn1c(CC(=O)Nc2ccc(C)c(Cl)c2)nnc1SCC(=O)Nc1cc([N+](=O)[O-])ccc1C. The minimum atomic E-state index is -0.515. The second-order valence-corrected chi connectivity index (χ2v) is 8.77. The number of nitro groups is 1. The van der Waals surface area contributed by atoms with Gasteiger partial charge in [0.05, 0.1) is 22.8 Å². The molecule has 0 bridgehead atoms. The summed E-state index contributed by atoms with van der Waals surface area (Å²) in [5.41, 5.74) is 2.49. The average Bonchev–Trinajstić information content (AvgIpc) is 3.17. The maximum absolute atomic E-state index is 12.5. The summed E-state index contributed by atoms with van der Waals surface area (Å²) in [5.74, 6) is -0.114. The largest absolute Gasteiger partial charge is 0.326 e. The molecule has 0 saturated heterocycles. The van der Waals surface area contributed by atoms with Crippen molar-refractivity contribution in [3.05, 3.63) is 68.5 Å². The molecule has 34 heavy (non-hydrogen) atoms. The topological polar surface area (TPSA) is 132 Å². The molecule has 178 valence electrons. The van der Waals surface area contributed by atoms with E-state index in [9.17, 15) is 19.7 Å². The molecule has 12 heteroatoms. The number of thioether (sulfide) groups is 1. The van der Waals surface area contributed by atoms with E-state index in [0.717, 1.165) is 5.56 Å². The number of nitrogens with one attached hydrogen (secondary N) is 2. The number of nitrogens with zero attached hydrogens (tertiary/aromatic N) is 4. The van der Waals surface area contributed by atoms with Crippen LogP contribution >= 0.6 is 23.4 Å². The molecule has 0 saturated carbocycles. The number of hydrogen-bond acceptors (Lipinski definition) is 7. The summed E-state index contributed by atoms with van der Waals surface area (Å²) in [7, 11) is 0. The van der Waals surface area contributed by atoms with Gasteiger partial charge < -0.3 is 15.2 Å². The molecule has 3 rings (SSSR count). The average molecular weight is 503 g/mol. The Morgan fingerprint density at radius 2 is 1.82 bits per heavy atom. The fourth-order valence-corrected chi connectivity index (χ4v) is 4.07. The molecule has 1 heterocycles. The fraction of sp³-hybridized carbons (Fsp3) is 0.273. The number of halogens is 1. The van der Waals surface area contributed by atoms with Gasteiger partial charge in [0, 0.05) is 29.4 Å². The Morgan fingerprint density at radius 3 is 2.50 bits per heavy atom. The highest BCUT2D eigenvalue weighted by Gasteiger charge is 2.17. The van der Waals surface area contributed by atoms with Crippen molar-refractivity contribution in [2.24, 2.45) is 0 Å². The fourth-order valence-electron chi connectivity index (χ4n) is 3.07. The highest BCUT2D eigenvalue weighted by atomic mass is 35.5. The number of aromatic nitrogens is 3. The van der Waals surface area contributed by atoms with Gasteiger partial charge in [0.15, 0.2) is 5.16 Å². The molecule has 0 aliphatic carbocycles. The third-order valence-electron chi connectivity index (χ3n) is 4.92. The minimum Gasteiger partial charge on any atom is -0.326 e. The number of carbonyl (C=O) groups excluding carboxylic acids is 2. The first kappa shape index (κ1) is 25.2. The van der Waals surface area contributed by atoms with Crippen molar-refractivity contribution in [1.29, 1.82) is 0 Å². The van der Waals surface area contributed by atoms with E-state index in [2.05, 4.69) is 20.8 Å². The van der Waals surface area contributed by atoms with Gasteiger partial charge in [-0.1, -0.05) is 35.5 Å². The molecular formula is C22H23ClN6O4S. The van der Waals surface area contributed by atoms with E-state index in [1.165, 1.54) is 23.9 Å². The van der Waals surface area contributed by atoms with Gasteiger partial charge in [-0.25, -0.2) is 0 Å². The molecule has 0 unspecified atom stereocenters. The van der Waals surface area contributed by atoms with Gasteiger partial charge >= 0.3 is 0 Å². The molecule has 3 aromatic rings. The number of benzene rings is 2. The van der Waals surface area contributed by atoms with Crippen LogP contribution in [0.1, 0.15) is 23.9 Å². The van der Waals surface area contributed by atoms with Gasteiger partial charge in [0.2, 0.25) is 11.8 Å². The van der Waals surface area contributed by atoms with E-state index in [4.69, 9.17) is 11.6 Å². The van der Waals surface area contributed by atoms with Crippen molar-refractivity contribution in [1.82, 2.24) is 14.8 Å². The number of nitro benzene ring substituents is 1. The molecule has 0 fully saturated rings. The van der Waals surface area contributed by atoms with Gasteiger partial charge in [0.1, 0.15) is 5.82 Å². The van der Waals surface area contributed by atoms with E-state index in [-0.39, 0.29) is 29.7 Å². The Labute approximate surface area is 205 Å². The van der Waals surface area contributed by atoms with Crippen molar-refractivity contribution in [3.63, 3.8) is 0 Å². The molecule has 0 radical (unpaired) electrons. The first-order valence-corrected chi connectivity index (χ1v) is 11.7. The first-order chi connectivity index (χ1) is 16.2. The Balaban J connectivity index is 1.61. The van der Waals surface area contributed by atoms with Gasteiger partial charge in [-0.2, -0.15) is 0 Å². The molecular weight excluding hydrogens is 480 g/mol. The molecule has 10 nitrogen and oxygen atoms in total. The van der Waals surface area contributed by atoms with Gasteiger partial charge in [-0.05, 0) is 44.0 Å². The van der Waals surface area contributed by atoms with Crippen LogP contribution in [-0.4, -0.2) is 37.3 Å². The van der Waals surface area contributed by atoms with Gasteiger partial charge in [-0.15, -0.1) is 10.2 Å². The van der Waals surface area contributed by atoms with Gasteiger partial charge in [0.25, 0.3) is 5.69 Å². The predicted octanol–water partition coefficient (Wildman–Crippen LogP) is 4.39. The predicted molar refractivity (Wildman–Crippen MR) is 131 cm³/mol. The van der Waals surface area contributed by atoms with Crippen LogP contribution in [0, 0.1) is 24.0 Å². The second kappa shape index (κ2) is 11.1. The zero-order chi connectivity index (χ0) is 24.8. The number of aryl methyl sites for hydroxylation is 2. The van der Waals surface area contributed by atoms with Crippen molar-refractivity contribution >= 4 is 52.2 Å². The second-order valence-electron chi connectivity index (χ2n) is 7.43. The Hall–Kier alpha value is -3.44. The molecule has 0 spiro atoms. The van der Waals surface area contributed by atoms with Crippen LogP contribution in [0.3, 0.4) is 0 Å².